The molecule has 5 nitrogen and oxygen atoms in total. The van der Waals surface area contributed by atoms with E-state index in [1.165, 1.54) is 0 Å². The van der Waals surface area contributed by atoms with Crippen LogP contribution < -0.4 is 15.5 Å². The van der Waals surface area contributed by atoms with Crippen LogP contribution in [-0.4, -0.2) is 12.3 Å². The molecule has 0 fully saturated rings. The second-order valence-corrected chi connectivity index (χ2v) is 3.48. The highest BCUT2D eigenvalue weighted by atomic mass is 19.4. The summed E-state index contributed by atoms with van der Waals surface area (Å²) in [5, 5.41) is 10.7. The maximum absolute atomic E-state index is 12.0. The highest BCUT2D eigenvalue weighted by Gasteiger charge is 2.31. The van der Waals surface area contributed by atoms with Gasteiger partial charge in [-0.05, 0) is 18.2 Å². The number of hydrogen-bond donors (Lipinski definition) is 0. The number of carboxylic acid groups (broad SMARTS) is 1. The summed E-state index contributed by atoms with van der Waals surface area (Å²) in [7, 11) is 0. The van der Waals surface area contributed by atoms with Gasteiger partial charge in [0.15, 0.2) is 0 Å². The van der Waals surface area contributed by atoms with Crippen LogP contribution in [-0.2, 0) is 0 Å². The zero-order valence-corrected chi connectivity index (χ0v) is 8.98. The fourth-order valence-electron chi connectivity index (χ4n) is 1.43. The Labute approximate surface area is 102 Å². The van der Waals surface area contributed by atoms with Crippen molar-refractivity contribution in [2.45, 2.75) is 6.36 Å². The quantitative estimate of drug-likeness (QED) is 0.764. The molecule has 0 bridgehead atoms. The summed E-state index contributed by atoms with van der Waals surface area (Å²) in [6, 6.07) is 3.89. The monoisotopic (exact) mass is 273 g/mol. The van der Waals surface area contributed by atoms with Crippen molar-refractivity contribution in [3.8, 4) is 5.75 Å². The molecule has 0 aliphatic carbocycles. The number of fused-ring (bicyclic) bond motifs is 1. The van der Waals surface area contributed by atoms with Crippen molar-refractivity contribution in [3.63, 3.8) is 0 Å². The Kier molecular flexibility index (Phi) is 2.93. The van der Waals surface area contributed by atoms with Crippen LogP contribution in [0, 0.1) is 0 Å². The van der Waals surface area contributed by atoms with E-state index in [4.69, 9.17) is 0 Å². The fraction of sp³-hybridized carbons (Fsp3) is 0.0909. The minimum Gasteiger partial charge on any atom is -0.545 e. The summed E-state index contributed by atoms with van der Waals surface area (Å²) in [5.74, 6) is -2.31. The summed E-state index contributed by atoms with van der Waals surface area (Å²) >= 11 is 0. The summed E-state index contributed by atoms with van der Waals surface area (Å²) in [4.78, 5) is 21.8. The number of rotatable bonds is 2. The molecule has 0 aliphatic heterocycles. The van der Waals surface area contributed by atoms with E-state index in [0.717, 1.165) is 24.3 Å². The third-order valence-corrected chi connectivity index (χ3v) is 2.16. The van der Waals surface area contributed by atoms with E-state index in [1.807, 2.05) is 0 Å². The lowest BCUT2D eigenvalue weighted by Crippen LogP contribution is -2.28. The summed E-state index contributed by atoms with van der Waals surface area (Å²) in [6.45, 7) is 0. The van der Waals surface area contributed by atoms with Gasteiger partial charge in [-0.2, -0.15) is 0 Å². The van der Waals surface area contributed by atoms with Crippen molar-refractivity contribution >= 4 is 16.9 Å². The number of hydrogen-bond acceptors (Lipinski definition) is 5. The zero-order valence-electron chi connectivity index (χ0n) is 8.98. The third kappa shape index (κ3) is 2.84. The molecule has 0 radical (unpaired) electrons. The summed E-state index contributed by atoms with van der Waals surface area (Å²) in [6.07, 6.45) is -4.88. The number of alkyl halides is 3. The number of benzene rings is 1. The second kappa shape index (κ2) is 4.30. The lowest BCUT2D eigenvalue weighted by atomic mass is 10.2. The predicted molar refractivity (Wildman–Crippen MR) is 53.5 cm³/mol. The number of ether oxygens (including phenoxy) is 1. The number of carbonyl (C=O) groups is 1. The van der Waals surface area contributed by atoms with Crippen LogP contribution >= 0.6 is 0 Å². The fourth-order valence-corrected chi connectivity index (χ4v) is 1.43. The molecule has 0 unspecified atom stereocenters. The molecular formula is C11H4F3O5-. The van der Waals surface area contributed by atoms with Gasteiger partial charge in [-0.15, -0.1) is 13.2 Å². The van der Waals surface area contributed by atoms with Crippen LogP contribution in [0.5, 0.6) is 5.75 Å². The maximum atomic E-state index is 12.0. The molecule has 1 heterocycles. The van der Waals surface area contributed by atoms with E-state index in [0.29, 0.717) is 0 Å². The SMILES string of the molecule is O=C([O-])c1cc2ccc(OC(F)(F)F)cc2oc1=O. The van der Waals surface area contributed by atoms with Crippen LogP contribution in [0.4, 0.5) is 13.2 Å². The minimum atomic E-state index is -4.88. The molecule has 0 saturated carbocycles. The average Bonchev–Trinajstić information content (AvgIpc) is 2.25. The first-order valence-corrected chi connectivity index (χ1v) is 4.81. The van der Waals surface area contributed by atoms with E-state index < -0.39 is 29.3 Å². The first kappa shape index (κ1) is 12.9. The number of aromatic carboxylic acids is 1. The molecular weight excluding hydrogens is 269 g/mol. The molecule has 8 heteroatoms. The van der Waals surface area contributed by atoms with Crippen molar-refractivity contribution in [2.24, 2.45) is 0 Å². The summed E-state index contributed by atoms with van der Waals surface area (Å²) < 4.78 is 44.2. The first-order chi connectivity index (χ1) is 8.76. The first-order valence-electron chi connectivity index (χ1n) is 4.81. The van der Waals surface area contributed by atoms with E-state index >= 15 is 0 Å². The Balaban J connectivity index is 2.53. The topological polar surface area (TPSA) is 79.6 Å². The number of carbonyl (C=O) groups excluding carboxylic acids is 1. The van der Waals surface area contributed by atoms with Crippen LogP contribution in [0.1, 0.15) is 10.4 Å². The standard InChI is InChI=1S/C11H5F3O5/c12-11(13,14)19-6-2-1-5-3-7(9(15)16)10(17)18-8(5)4-6/h1-4H,(H,15,16)/p-1. The van der Waals surface area contributed by atoms with Gasteiger partial charge in [0.1, 0.15) is 11.3 Å². The summed E-state index contributed by atoms with van der Waals surface area (Å²) in [5.41, 5.74) is -2.15. The molecule has 0 N–H and O–H groups in total. The van der Waals surface area contributed by atoms with Gasteiger partial charge in [0.05, 0.1) is 11.5 Å². The van der Waals surface area contributed by atoms with Gasteiger partial charge in [0.25, 0.3) is 0 Å². The smallest absolute Gasteiger partial charge is 0.545 e. The normalized spacial score (nSPS) is 11.5. The highest BCUT2D eigenvalue weighted by molar-refractivity contribution is 5.90. The predicted octanol–water partition coefficient (Wildman–Crippen LogP) is 1.06. The van der Waals surface area contributed by atoms with Crippen molar-refractivity contribution < 1.29 is 32.2 Å². The Morgan fingerprint density at radius 2 is 1.95 bits per heavy atom. The molecule has 2 aromatic rings. The Bertz CT molecular complexity index is 702. The molecule has 0 atom stereocenters. The van der Waals surface area contributed by atoms with Crippen molar-refractivity contribution in [1.29, 1.82) is 0 Å². The van der Waals surface area contributed by atoms with Crippen LogP contribution in [0.15, 0.2) is 33.5 Å². The van der Waals surface area contributed by atoms with Gasteiger partial charge in [-0.25, -0.2) is 4.79 Å². The van der Waals surface area contributed by atoms with E-state index in [9.17, 15) is 27.9 Å². The molecule has 1 aromatic carbocycles. The molecule has 2 rings (SSSR count). The highest BCUT2D eigenvalue weighted by Crippen LogP contribution is 2.26. The minimum absolute atomic E-state index is 0.133. The lowest BCUT2D eigenvalue weighted by Gasteiger charge is -2.09. The third-order valence-electron chi connectivity index (χ3n) is 2.16. The van der Waals surface area contributed by atoms with E-state index in [1.54, 1.807) is 0 Å². The average molecular weight is 273 g/mol. The Morgan fingerprint density at radius 3 is 2.53 bits per heavy atom. The number of halogens is 3. The van der Waals surface area contributed by atoms with Gasteiger partial charge < -0.3 is 19.1 Å². The van der Waals surface area contributed by atoms with Crippen molar-refractivity contribution in [2.75, 3.05) is 0 Å². The molecule has 100 valence electrons. The molecule has 0 spiro atoms. The molecule has 1 aromatic heterocycles. The van der Waals surface area contributed by atoms with Gasteiger partial charge in [-0.3, -0.25) is 0 Å². The molecule has 0 aliphatic rings. The van der Waals surface area contributed by atoms with Gasteiger partial charge in [0, 0.05) is 11.5 Å². The van der Waals surface area contributed by atoms with Crippen molar-refractivity contribution in [1.82, 2.24) is 0 Å². The zero-order chi connectivity index (χ0) is 14.2. The molecule has 0 saturated heterocycles. The van der Waals surface area contributed by atoms with Gasteiger partial charge >= 0.3 is 12.0 Å². The van der Waals surface area contributed by atoms with Crippen LogP contribution in [0.2, 0.25) is 0 Å². The van der Waals surface area contributed by atoms with Crippen molar-refractivity contribution in [3.05, 3.63) is 40.2 Å². The Morgan fingerprint density at radius 1 is 1.26 bits per heavy atom. The second-order valence-electron chi connectivity index (χ2n) is 3.48. The lowest BCUT2D eigenvalue weighted by molar-refractivity contribution is -0.274. The largest absolute Gasteiger partial charge is 0.573 e. The van der Waals surface area contributed by atoms with Gasteiger partial charge in [0.2, 0.25) is 0 Å². The molecule has 0 amide bonds. The van der Waals surface area contributed by atoms with Crippen LogP contribution in [0.25, 0.3) is 11.0 Å². The van der Waals surface area contributed by atoms with Gasteiger partial charge in [-0.1, -0.05) is 0 Å². The van der Waals surface area contributed by atoms with E-state index in [2.05, 4.69) is 9.15 Å². The number of carboxylic acids is 1. The Hall–Kier alpha value is -2.51. The maximum Gasteiger partial charge on any atom is 0.573 e. The molecule has 19 heavy (non-hydrogen) atoms. The van der Waals surface area contributed by atoms with E-state index in [-0.39, 0.29) is 11.0 Å². The van der Waals surface area contributed by atoms with Crippen LogP contribution in [0.3, 0.4) is 0 Å².